The molecule has 2 aromatic rings. The molecule has 0 fully saturated rings. The van der Waals surface area contributed by atoms with Crippen LogP contribution in [-0.2, 0) is 9.53 Å². The van der Waals surface area contributed by atoms with Gasteiger partial charge in [-0.2, -0.15) is 0 Å². The number of thioether (sulfide) groups is 1. The van der Waals surface area contributed by atoms with Gasteiger partial charge in [-0.15, -0.1) is 0 Å². The molecule has 2 aromatic carbocycles. The van der Waals surface area contributed by atoms with Crippen LogP contribution < -0.4 is 4.90 Å². The summed E-state index contributed by atoms with van der Waals surface area (Å²) in [6, 6.07) is 13.3. The summed E-state index contributed by atoms with van der Waals surface area (Å²) in [5.41, 5.74) is 3.29. The number of aryl methyl sites for hydroxylation is 1. The van der Waals surface area contributed by atoms with Crippen LogP contribution in [0.15, 0.2) is 52.3 Å². The van der Waals surface area contributed by atoms with Gasteiger partial charge in [0.05, 0.1) is 23.3 Å². The van der Waals surface area contributed by atoms with Crippen LogP contribution in [0.25, 0.3) is 6.08 Å². The number of likely N-dealkylation sites (N-methyl/N-ethyl adjacent to an activating group) is 1. The highest BCUT2D eigenvalue weighted by atomic mass is 32.2. The fraction of sp³-hybridized carbons (Fsp3) is 0.158. The minimum atomic E-state index is -0.412. The number of amides is 1. The van der Waals surface area contributed by atoms with Crippen molar-refractivity contribution in [2.45, 2.75) is 11.8 Å². The van der Waals surface area contributed by atoms with Gasteiger partial charge in [0.15, 0.2) is 0 Å². The van der Waals surface area contributed by atoms with Gasteiger partial charge < -0.3 is 9.64 Å². The molecule has 0 radical (unpaired) electrons. The highest BCUT2D eigenvalue weighted by Gasteiger charge is 2.27. The van der Waals surface area contributed by atoms with Crippen LogP contribution in [0.5, 0.6) is 0 Å². The van der Waals surface area contributed by atoms with E-state index in [2.05, 4.69) is 0 Å². The van der Waals surface area contributed by atoms with Crippen LogP contribution in [0.2, 0.25) is 0 Å². The van der Waals surface area contributed by atoms with Crippen molar-refractivity contribution in [1.29, 1.82) is 0 Å². The largest absolute Gasteiger partial charge is 0.465 e. The van der Waals surface area contributed by atoms with Gasteiger partial charge in [0.2, 0.25) is 0 Å². The number of esters is 1. The smallest absolute Gasteiger partial charge is 0.337 e. The first-order valence-electron chi connectivity index (χ1n) is 7.46. The summed E-state index contributed by atoms with van der Waals surface area (Å²) in [4.78, 5) is 27.5. The van der Waals surface area contributed by atoms with E-state index < -0.39 is 5.97 Å². The number of carbonyl (C=O) groups excluding carboxylic acids is 2. The molecule has 4 nitrogen and oxygen atoms in total. The third-order valence-corrected chi connectivity index (χ3v) is 4.89. The fourth-order valence-electron chi connectivity index (χ4n) is 2.55. The van der Waals surface area contributed by atoms with Crippen LogP contribution in [0.4, 0.5) is 5.69 Å². The van der Waals surface area contributed by atoms with Gasteiger partial charge in [-0.3, -0.25) is 4.79 Å². The van der Waals surface area contributed by atoms with Crippen LogP contribution in [0.3, 0.4) is 0 Å². The highest BCUT2D eigenvalue weighted by Crippen LogP contribution is 2.42. The molecule has 122 valence electrons. The van der Waals surface area contributed by atoms with Gasteiger partial charge >= 0.3 is 5.97 Å². The molecule has 5 heteroatoms. The second kappa shape index (κ2) is 6.53. The number of carbonyl (C=O) groups is 2. The lowest BCUT2D eigenvalue weighted by Gasteiger charge is -2.27. The normalized spacial score (nSPS) is 15.4. The Morgan fingerprint density at radius 2 is 2.00 bits per heavy atom. The van der Waals surface area contributed by atoms with Crippen LogP contribution in [0, 0.1) is 6.92 Å². The van der Waals surface area contributed by atoms with E-state index in [1.165, 1.54) is 18.9 Å². The molecule has 0 bridgehead atoms. The molecule has 0 aromatic heterocycles. The zero-order valence-corrected chi connectivity index (χ0v) is 14.5. The lowest BCUT2D eigenvalue weighted by atomic mass is 10.1. The highest BCUT2D eigenvalue weighted by molar-refractivity contribution is 8.04. The fourth-order valence-corrected chi connectivity index (χ4v) is 3.64. The molecular formula is C19H17NO3S. The van der Waals surface area contributed by atoms with E-state index >= 15 is 0 Å². The first kappa shape index (κ1) is 16.3. The molecule has 3 rings (SSSR count). The zero-order chi connectivity index (χ0) is 17.3. The minimum Gasteiger partial charge on any atom is -0.465 e. The number of anilines is 1. The Kier molecular flexibility index (Phi) is 4.44. The van der Waals surface area contributed by atoms with Crippen molar-refractivity contribution in [2.75, 3.05) is 19.1 Å². The van der Waals surface area contributed by atoms with Crippen molar-refractivity contribution in [3.63, 3.8) is 0 Å². The Balaban J connectivity index is 1.99. The second-order valence-corrected chi connectivity index (χ2v) is 6.65. The molecule has 1 amide bonds. The number of rotatable bonds is 2. The lowest BCUT2D eigenvalue weighted by molar-refractivity contribution is -0.114. The van der Waals surface area contributed by atoms with E-state index in [1.54, 1.807) is 24.1 Å². The van der Waals surface area contributed by atoms with Crippen LogP contribution in [-0.4, -0.2) is 26.0 Å². The summed E-state index contributed by atoms with van der Waals surface area (Å²) in [7, 11) is 3.06. The Labute approximate surface area is 145 Å². The second-order valence-electron chi connectivity index (χ2n) is 5.56. The van der Waals surface area contributed by atoms with Gasteiger partial charge in [-0.1, -0.05) is 41.6 Å². The average molecular weight is 339 g/mol. The number of ether oxygens (including phenoxy) is 1. The third-order valence-electron chi connectivity index (χ3n) is 3.82. The summed E-state index contributed by atoms with van der Waals surface area (Å²) in [6.45, 7) is 2.02. The van der Waals surface area contributed by atoms with Gasteiger partial charge in [-0.25, -0.2) is 4.79 Å². The SMILES string of the molecule is COC(=O)c1ccc2c(c1)N(C)C(=O)/C(=C\c1cccc(C)c1)S2. The van der Waals surface area contributed by atoms with Crippen molar-refractivity contribution in [2.24, 2.45) is 0 Å². The Morgan fingerprint density at radius 3 is 2.71 bits per heavy atom. The van der Waals surface area contributed by atoms with Gasteiger partial charge in [0.1, 0.15) is 0 Å². The van der Waals surface area contributed by atoms with Crippen molar-refractivity contribution >= 4 is 35.4 Å². The molecule has 0 saturated heterocycles. The number of fused-ring (bicyclic) bond motifs is 1. The Bertz CT molecular complexity index is 857. The first-order valence-corrected chi connectivity index (χ1v) is 8.28. The number of nitrogens with zero attached hydrogens (tertiary/aromatic N) is 1. The van der Waals surface area contributed by atoms with E-state index in [0.29, 0.717) is 16.2 Å². The number of benzene rings is 2. The molecule has 0 aliphatic carbocycles. The molecular weight excluding hydrogens is 322 g/mol. The maximum Gasteiger partial charge on any atom is 0.337 e. The van der Waals surface area contributed by atoms with Gasteiger partial charge in [0.25, 0.3) is 5.91 Å². The molecule has 24 heavy (non-hydrogen) atoms. The van der Waals surface area contributed by atoms with E-state index in [0.717, 1.165) is 16.0 Å². The van der Waals surface area contributed by atoms with E-state index in [-0.39, 0.29) is 5.91 Å². The molecule has 1 heterocycles. The molecule has 0 N–H and O–H groups in total. The van der Waals surface area contributed by atoms with Crippen molar-refractivity contribution in [3.8, 4) is 0 Å². The van der Waals surface area contributed by atoms with E-state index in [9.17, 15) is 9.59 Å². The molecule has 1 aliphatic heterocycles. The molecule has 0 unspecified atom stereocenters. The van der Waals surface area contributed by atoms with E-state index in [4.69, 9.17) is 4.74 Å². The number of hydrogen-bond acceptors (Lipinski definition) is 4. The monoisotopic (exact) mass is 339 g/mol. The van der Waals surface area contributed by atoms with Gasteiger partial charge in [0, 0.05) is 11.9 Å². The third kappa shape index (κ3) is 3.08. The molecule has 0 atom stereocenters. The van der Waals surface area contributed by atoms with Crippen molar-refractivity contribution in [1.82, 2.24) is 0 Å². The summed E-state index contributed by atoms with van der Waals surface area (Å²) in [5, 5.41) is 0. The molecule has 0 saturated carbocycles. The summed E-state index contributed by atoms with van der Waals surface area (Å²) < 4.78 is 4.74. The van der Waals surface area contributed by atoms with Crippen molar-refractivity contribution < 1.29 is 14.3 Å². The molecule has 0 spiro atoms. The standard InChI is InChI=1S/C19H17NO3S/c1-12-5-4-6-13(9-12)10-17-18(21)20(2)15-11-14(19(22)23-3)7-8-16(15)24-17/h4-11H,1-3H3/b17-10+. The minimum absolute atomic E-state index is 0.0870. The average Bonchev–Trinajstić information content (AvgIpc) is 2.58. The van der Waals surface area contributed by atoms with Crippen LogP contribution in [0.1, 0.15) is 21.5 Å². The zero-order valence-electron chi connectivity index (χ0n) is 13.7. The molecule has 1 aliphatic rings. The maximum atomic E-state index is 12.6. The maximum absolute atomic E-state index is 12.6. The topological polar surface area (TPSA) is 46.6 Å². The van der Waals surface area contributed by atoms with Crippen molar-refractivity contribution in [3.05, 3.63) is 64.1 Å². The summed E-state index contributed by atoms with van der Waals surface area (Å²) >= 11 is 1.42. The number of methoxy groups -OCH3 is 1. The quantitative estimate of drug-likeness (QED) is 0.615. The first-order chi connectivity index (χ1) is 11.5. The van der Waals surface area contributed by atoms with E-state index in [1.807, 2.05) is 43.3 Å². The Hall–Kier alpha value is -2.53. The lowest BCUT2D eigenvalue weighted by Crippen LogP contribution is -2.30. The predicted molar refractivity (Wildman–Crippen MR) is 96.2 cm³/mol. The Morgan fingerprint density at radius 1 is 1.21 bits per heavy atom. The number of hydrogen-bond donors (Lipinski definition) is 0. The van der Waals surface area contributed by atoms with Gasteiger partial charge in [-0.05, 0) is 36.8 Å². The summed E-state index contributed by atoms with van der Waals surface area (Å²) in [5.74, 6) is -0.499. The predicted octanol–water partition coefficient (Wildman–Crippen LogP) is 3.89. The summed E-state index contributed by atoms with van der Waals surface area (Å²) in [6.07, 6.45) is 1.90. The van der Waals surface area contributed by atoms with Crippen LogP contribution >= 0.6 is 11.8 Å².